The Hall–Kier alpha value is -2.36. The fraction of sp³-hybridized carbons (Fsp3) is 0.692. The summed E-state index contributed by atoms with van der Waals surface area (Å²) in [6.07, 6.45) is 6.08. The number of piperidine rings is 1. The lowest BCUT2D eigenvalue weighted by Gasteiger charge is -2.40. The third-order valence-corrected chi connectivity index (χ3v) is 7.96. The van der Waals surface area contributed by atoms with E-state index in [2.05, 4.69) is 10.1 Å². The van der Waals surface area contributed by atoms with Crippen LogP contribution in [-0.4, -0.2) is 77.9 Å². The van der Waals surface area contributed by atoms with Gasteiger partial charge in [0, 0.05) is 19.8 Å². The fourth-order valence-corrected chi connectivity index (χ4v) is 5.61. The van der Waals surface area contributed by atoms with Gasteiger partial charge in [0.25, 0.3) is 5.88 Å². The highest BCUT2D eigenvalue weighted by Gasteiger charge is 2.42. The zero-order valence-corrected chi connectivity index (χ0v) is 20.2. The molecule has 2 aliphatic heterocycles. The number of benzene rings is 1. The second-order valence-electron chi connectivity index (χ2n) is 10.4. The molecule has 0 atom stereocenters. The van der Waals surface area contributed by atoms with Gasteiger partial charge in [0.15, 0.2) is 5.58 Å². The highest BCUT2D eigenvalue weighted by molar-refractivity contribution is 5.88. The lowest BCUT2D eigenvalue weighted by molar-refractivity contribution is -0.157. The normalized spacial score (nSPS) is 26.0. The van der Waals surface area contributed by atoms with Crippen LogP contribution in [0.1, 0.15) is 51.4 Å². The number of likely N-dealkylation sites (tertiary alicyclic amines) is 1. The molecule has 1 aromatic carbocycles. The first kappa shape index (κ1) is 24.3. The molecule has 3 heterocycles. The molecule has 3 fully saturated rings. The lowest BCUT2D eigenvalue weighted by atomic mass is 9.79. The molecule has 9 nitrogen and oxygen atoms in total. The molecule has 9 heteroatoms. The minimum atomic E-state index is -0.702. The summed E-state index contributed by atoms with van der Waals surface area (Å²) in [5.74, 6) is 0.847. The third kappa shape index (κ3) is 5.57. The van der Waals surface area contributed by atoms with Crippen LogP contribution in [0.4, 0.5) is 0 Å². The highest BCUT2D eigenvalue weighted by atomic mass is 16.5. The van der Waals surface area contributed by atoms with E-state index in [1.165, 1.54) is 0 Å². The smallest absolute Gasteiger partial charge is 0.311 e. The van der Waals surface area contributed by atoms with Crippen molar-refractivity contribution in [3.63, 3.8) is 0 Å². The summed E-state index contributed by atoms with van der Waals surface area (Å²) in [5.41, 5.74) is -0.0489. The summed E-state index contributed by atoms with van der Waals surface area (Å²) in [5, 5.41) is 24.5. The predicted molar refractivity (Wildman–Crippen MR) is 128 cm³/mol. The number of aliphatic hydroxyl groups is 1. The number of aliphatic carboxylic acids is 1. The van der Waals surface area contributed by atoms with E-state index in [1.54, 1.807) is 0 Å². The van der Waals surface area contributed by atoms with Crippen molar-refractivity contribution in [3.8, 4) is 11.6 Å². The Kier molecular flexibility index (Phi) is 7.45. The Labute approximate surface area is 205 Å². The van der Waals surface area contributed by atoms with E-state index in [-0.39, 0.29) is 12.2 Å². The molecule has 1 aromatic heterocycles. The van der Waals surface area contributed by atoms with E-state index >= 15 is 0 Å². The molecule has 192 valence electrons. The molecule has 1 aliphatic carbocycles. The number of carbonyl (C=O) groups is 1. The van der Waals surface area contributed by atoms with Crippen molar-refractivity contribution in [3.05, 3.63) is 18.2 Å². The first-order valence-electron chi connectivity index (χ1n) is 12.9. The van der Waals surface area contributed by atoms with Crippen LogP contribution in [-0.2, 0) is 9.53 Å². The fourth-order valence-electron chi connectivity index (χ4n) is 5.61. The Bertz CT molecular complexity index is 987. The van der Waals surface area contributed by atoms with Crippen molar-refractivity contribution in [2.45, 2.75) is 63.6 Å². The molecular formula is C26H36N2O7. The Balaban J connectivity index is 1.16. The second kappa shape index (κ2) is 10.7. The average Bonchev–Trinajstić information content (AvgIpc) is 3.30. The van der Waals surface area contributed by atoms with Gasteiger partial charge < -0.3 is 33.8 Å². The number of aromatic nitrogens is 1. The molecule has 0 unspecified atom stereocenters. The van der Waals surface area contributed by atoms with E-state index in [0.717, 1.165) is 57.0 Å². The van der Waals surface area contributed by atoms with Crippen LogP contribution < -0.4 is 9.47 Å². The number of ether oxygens (including phenoxy) is 3. The molecule has 2 saturated heterocycles. The van der Waals surface area contributed by atoms with Crippen molar-refractivity contribution in [2.24, 2.45) is 11.3 Å². The number of hydrogen-bond acceptors (Lipinski definition) is 8. The summed E-state index contributed by atoms with van der Waals surface area (Å²) in [6, 6.07) is 5.67. The third-order valence-electron chi connectivity index (χ3n) is 7.96. The average molecular weight is 489 g/mol. The Morgan fingerprint density at radius 1 is 1.11 bits per heavy atom. The molecule has 3 aliphatic rings. The SMILES string of the molecule is O=C(O)C1(CN2CCC(COc3noc4cccc(O[C@H]5CC[C@@H](O)CC5)c34)CC2)CCOCC1. The monoisotopic (exact) mass is 488 g/mol. The highest BCUT2D eigenvalue weighted by Crippen LogP contribution is 2.37. The molecule has 0 amide bonds. The van der Waals surface area contributed by atoms with E-state index in [4.69, 9.17) is 18.7 Å². The summed E-state index contributed by atoms with van der Waals surface area (Å²) in [6.45, 7) is 3.91. The molecule has 0 bridgehead atoms. The van der Waals surface area contributed by atoms with Crippen LogP contribution in [0, 0.1) is 11.3 Å². The van der Waals surface area contributed by atoms with Gasteiger partial charge in [0.1, 0.15) is 11.1 Å². The van der Waals surface area contributed by atoms with Crippen LogP contribution in [0.15, 0.2) is 22.7 Å². The van der Waals surface area contributed by atoms with Crippen molar-refractivity contribution in [2.75, 3.05) is 39.5 Å². The first-order valence-corrected chi connectivity index (χ1v) is 12.9. The van der Waals surface area contributed by atoms with E-state index < -0.39 is 11.4 Å². The van der Waals surface area contributed by atoms with Crippen LogP contribution in [0.3, 0.4) is 0 Å². The van der Waals surface area contributed by atoms with Gasteiger partial charge in [-0.25, -0.2) is 0 Å². The molecule has 1 saturated carbocycles. The number of aliphatic hydroxyl groups excluding tert-OH is 1. The number of rotatable bonds is 8. The summed E-state index contributed by atoms with van der Waals surface area (Å²) >= 11 is 0. The van der Waals surface area contributed by atoms with Crippen molar-refractivity contribution in [1.82, 2.24) is 10.1 Å². The van der Waals surface area contributed by atoms with Crippen molar-refractivity contribution < 1.29 is 33.7 Å². The number of carboxylic acid groups (broad SMARTS) is 1. The maximum atomic E-state index is 12.0. The van der Waals surface area contributed by atoms with Gasteiger partial charge >= 0.3 is 5.97 Å². The number of nitrogens with zero attached hydrogens (tertiary/aromatic N) is 2. The summed E-state index contributed by atoms with van der Waals surface area (Å²) < 4.78 is 23.3. The second-order valence-corrected chi connectivity index (χ2v) is 10.4. The van der Waals surface area contributed by atoms with E-state index in [9.17, 15) is 15.0 Å². The summed E-state index contributed by atoms with van der Waals surface area (Å²) in [4.78, 5) is 14.3. The molecule has 5 rings (SSSR count). The van der Waals surface area contributed by atoms with Crippen molar-refractivity contribution in [1.29, 1.82) is 0 Å². The Morgan fingerprint density at radius 3 is 2.57 bits per heavy atom. The van der Waals surface area contributed by atoms with Crippen LogP contribution in [0.2, 0.25) is 0 Å². The van der Waals surface area contributed by atoms with Gasteiger partial charge in [-0.05, 0) is 87.7 Å². The molecule has 35 heavy (non-hydrogen) atoms. The number of fused-ring (bicyclic) bond motifs is 1. The number of hydrogen-bond donors (Lipinski definition) is 2. The van der Waals surface area contributed by atoms with E-state index in [1.807, 2.05) is 18.2 Å². The zero-order valence-electron chi connectivity index (χ0n) is 20.2. The standard InChI is InChI=1S/C26H36N2O7/c29-19-4-6-20(7-5-19)34-21-2-1-3-22-23(21)24(27-35-22)33-16-18-8-12-28(13-9-18)17-26(25(30)31)10-14-32-15-11-26/h1-3,18-20,29H,4-17H2,(H,30,31)/t19-,20+. The summed E-state index contributed by atoms with van der Waals surface area (Å²) in [7, 11) is 0. The van der Waals surface area contributed by atoms with Gasteiger partial charge in [-0.3, -0.25) is 4.79 Å². The molecule has 2 aromatic rings. The molecule has 2 N–H and O–H groups in total. The largest absolute Gasteiger partial charge is 0.489 e. The Morgan fingerprint density at radius 2 is 1.86 bits per heavy atom. The van der Waals surface area contributed by atoms with Gasteiger partial charge in [0.05, 0.1) is 24.2 Å². The zero-order chi connectivity index (χ0) is 24.3. The van der Waals surface area contributed by atoms with Crippen LogP contribution >= 0.6 is 0 Å². The van der Waals surface area contributed by atoms with E-state index in [0.29, 0.717) is 62.3 Å². The first-order chi connectivity index (χ1) is 17.0. The van der Waals surface area contributed by atoms with Crippen molar-refractivity contribution >= 4 is 16.9 Å². The minimum Gasteiger partial charge on any atom is -0.489 e. The number of carboxylic acids is 1. The maximum Gasteiger partial charge on any atom is 0.311 e. The molecule has 0 radical (unpaired) electrons. The predicted octanol–water partition coefficient (Wildman–Crippen LogP) is 3.48. The minimum absolute atomic E-state index is 0.0703. The van der Waals surface area contributed by atoms with Gasteiger partial charge in [-0.15, -0.1) is 0 Å². The van der Waals surface area contributed by atoms with Gasteiger partial charge in [0.2, 0.25) is 0 Å². The quantitative estimate of drug-likeness (QED) is 0.576. The van der Waals surface area contributed by atoms with Gasteiger partial charge in [-0.2, -0.15) is 0 Å². The maximum absolute atomic E-state index is 12.0. The van der Waals surface area contributed by atoms with Crippen LogP contribution in [0.5, 0.6) is 11.6 Å². The topological polar surface area (TPSA) is 114 Å². The molecular weight excluding hydrogens is 452 g/mol. The lowest BCUT2D eigenvalue weighted by Crippen LogP contribution is -2.49. The molecule has 0 spiro atoms. The van der Waals surface area contributed by atoms with Crippen LogP contribution in [0.25, 0.3) is 11.0 Å². The van der Waals surface area contributed by atoms with Gasteiger partial charge in [-0.1, -0.05) is 6.07 Å².